The van der Waals surface area contributed by atoms with Crippen molar-refractivity contribution in [1.82, 2.24) is 4.90 Å². The second kappa shape index (κ2) is 7.41. The molecule has 0 aromatic heterocycles. The fraction of sp³-hybridized carbons (Fsp3) is 0.562. The fourth-order valence-electron chi connectivity index (χ4n) is 2.57. The molecule has 2 rings (SSSR count). The minimum absolute atomic E-state index is 0.0935. The van der Waals surface area contributed by atoms with Gasteiger partial charge in [-0.1, -0.05) is 30.3 Å². The molecular formula is C16H24N2O2. The van der Waals surface area contributed by atoms with Crippen molar-refractivity contribution >= 4 is 5.91 Å². The van der Waals surface area contributed by atoms with Gasteiger partial charge in [0.2, 0.25) is 5.91 Å². The third-order valence-corrected chi connectivity index (χ3v) is 3.65. The maximum Gasteiger partial charge on any atom is 0.224 e. The van der Waals surface area contributed by atoms with Gasteiger partial charge < -0.3 is 15.4 Å². The molecule has 0 bridgehead atoms. The Kier molecular flexibility index (Phi) is 5.56. The topological polar surface area (TPSA) is 55.6 Å². The average molecular weight is 276 g/mol. The van der Waals surface area contributed by atoms with E-state index < -0.39 is 0 Å². The Hall–Kier alpha value is -1.39. The van der Waals surface area contributed by atoms with Crippen LogP contribution >= 0.6 is 0 Å². The molecule has 0 radical (unpaired) electrons. The summed E-state index contributed by atoms with van der Waals surface area (Å²) in [6, 6.07) is 10.4. The molecule has 4 heteroatoms. The van der Waals surface area contributed by atoms with E-state index in [1.165, 1.54) is 5.56 Å². The second-order valence-corrected chi connectivity index (χ2v) is 5.52. The summed E-state index contributed by atoms with van der Waals surface area (Å²) in [5.74, 6) is 0.145. The smallest absolute Gasteiger partial charge is 0.224 e. The summed E-state index contributed by atoms with van der Waals surface area (Å²) in [5, 5.41) is 0. The Bertz CT molecular complexity index is 414. The van der Waals surface area contributed by atoms with Crippen LogP contribution in [0.3, 0.4) is 0 Å². The lowest BCUT2D eigenvalue weighted by Crippen LogP contribution is -2.43. The van der Waals surface area contributed by atoms with E-state index in [1.807, 2.05) is 30.0 Å². The van der Waals surface area contributed by atoms with Crippen LogP contribution in [0.4, 0.5) is 0 Å². The summed E-state index contributed by atoms with van der Waals surface area (Å²) in [7, 11) is 0. The van der Waals surface area contributed by atoms with Crippen molar-refractivity contribution < 1.29 is 9.53 Å². The molecule has 2 unspecified atom stereocenters. The van der Waals surface area contributed by atoms with Crippen LogP contribution in [0.5, 0.6) is 0 Å². The van der Waals surface area contributed by atoms with Crippen LogP contribution in [0.15, 0.2) is 30.3 Å². The molecule has 0 saturated carbocycles. The molecule has 110 valence electrons. The van der Waals surface area contributed by atoms with Crippen LogP contribution in [-0.2, 0) is 16.0 Å². The lowest BCUT2D eigenvalue weighted by atomic mass is 10.1. The molecule has 1 fully saturated rings. The lowest BCUT2D eigenvalue weighted by Gasteiger charge is -2.29. The normalized spacial score (nSPS) is 19.8. The van der Waals surface area contributed by atoms with Gasteiger partial charge in [0.05, 0.1) is 12.6 Å². The highest BCUT2D eigenvalue weighted by atomic mass is 16.5. The fourth-order valence-corrected chi connectivity index (χ4v) is 2.57. The van der Waals surface area contributed by atoms with Crippen molar-refractivity contribution in [3.8, 4) is 0 Å². The summed E-state index contributed by atoms with van der Waals surface area (Å²) in [6.07, 6.45) is 2.22. The summed E-state index contributed by atoms with van der Waals surface area (Å²) in [6.45, 7) is 4.01. The third kappa shape index (κ3) is 4.32. The van der Waals surface area contributed by atoms with E-state index in [-0.39, 0.29) is 18.0 Å². The standard InChI is InChI=1S/C16H24N2O2/c1-13(17)11-16(19)18(15-8-10-20-12-15)9-7-14-5-3-2-4-6-14/h2-6,13,15H,7-12,17H2,1H3. The van der Waals surface area contributed by atoms with Gasteiger partial charge in [-0.05, 0) is 25.3 Å². The third-order valence-electron chi connectivity index (χ3n) is 3.65. The van der Waals surface area contributed by atoms with Crippen molar-refractivity contribution in [1.29, 1.82) is 0 Å². The molecule has 20 heavy (non-hydrogen) atoms. The quantitative estimate of drug-likeness (QED) is 0.858. The van der Waals surface area contributed by atoms with Gasteiger partial charge in [0, 0.05) is 25.6 Å². The van der Waals surface area contributed by atoms with Gasteiger partial charge in [-0.2, -0.15) is 0 Å². The number of hydrogen-bond acceptors (Lipinski definition) is 3. The highest BCUT2D eigenvalue weighted by molar-refractivity contribution is 5.77. The van der Waals surface area contributed by atoms with Crippen molar-refractivity contribution in [3.05, 3.63) is 35.9 Å². The minimum Gasteiger partial charge on any atom is -0.379 e. The van der Waals surface area contributed by atoms with E-state index in [4.69, 9.17) is 10.5 Å². The molecule has 1 aromatic carbocycles. The number of carbonyl (C=O) groups excluding carboxylic acids is 1. The van der Waals surface area contributed by atoms with Crippen molar-refractivity contribution in [3.63, 3.8) is 0 Å². The van der Waals surface area contributed by atoms with Gasteiger partial charge in [0.15, 0.2) is 0 Å². The number of rotatable bonds is 6. The number of amides is 1. The monoisotopic (exact) mass is 276 g/mol. The molecule has 0 spiro atoms. The number of hydrogen-bond donors (Lipinski definition) is 1. The Morgan fingerprint density at radius 1 is 1.45 bits per heavy atom. The van der Waals surface area contributed by atoms with E-state index in [0.29, 0.717) is 13.0 Å². The largest absolute Gasteiger partial charge is 0.379 e. The Morgan fingerprint density at radius 3 is 2.80 bits per heavy atom. The zero-order valence-electron chi connectivity index (χ0n) is 12.1. The number of nitrogens with two attached hydrogens (primary N) is 1. The Balaban J connectivity index is 1.96. The minimum atomic E-state index is -0.0935. The van der Waals surface area contributed by atoms with E-state index in [2.05, 4.69) is 12.1 Å². The van der Waals surface area contributed by atoms with Crippen LogP contribution in [0.25, 0.3) is 0 Å². The van der Waals surface area contributed by atoms with E-state index in [9.17, 15) is 4.79 Å². The zero-order valence-corrected chi connectivity index (χ0v) is 12.1. The first-order valence-electron chi connectivity index (χ1n) is 7.33. The molecule has 1 saturated heterocycles. The van der Waals surface area contributed by atoms with Gasteiger partial charge in [-0.15, -0.1) is 0 Å². The molecular weight excluding hydrogens is 252 g/mol. The predicted molar refractivity (Wildman–Crippen MR) is 79.3 cm³/mol. The maximum absolute atomic E-state index is 12.4. The average Bonchev–Trinajstić information content (AvgIpc) is 2.93. The summed E-state index contributed by atoms with van der Waals surface area (Å²) < 4.78 is 5.42. The zero-order chi connectivity index (χ0) is 14.4. The maximum atomic E-state index is 12.4. The van der Waals surface area contributed by atoms with Crippen molar-refractivity contribution in [2.75, 3.05) is 19.8 Å². The van der Waals surface area contributed by atoms with Gasteiger partial charge in [-0.25, -0.2) is 0 Å². The van der Waals surface area contributed by atoms with Gasteiger partial charge in [-0.3, -0.25) is 4.79 Å². The molecule has 1 aromatic rings. The van der Waals surface area contributed by atoms with Gasteiger partial charge >= 0.3 is 0 Å². The predicted octanol–water partition coefficient (Wildman–Crippen LogP) is 1.58. The molecule has 1 aliphatic rings. The van der Waals surface area contributed by atoms with Gasteiger partial charge in [0.1, 0.15) is 0 Å². The molecule has 1 amide bonds. The molecule has 1 heterocycles. The highest BCUT2D eigenvalue weighted by Gasteiger charge is 2.27. The van der Waals surface area contributed by atoms with E-state index in [0.717, 1.165) is 26.0 Å². The summed E-state index contributed by atoms with van der Waals surface area (Å²) in [5.41, 5.74) is 7.01. The molecule has 2 N–H and O–H groups in total. The number of carbonyl (C=O) groups is 1. The van der Waals surface area contributed by atoms with Crippen molar-refractivity contribution in [2.45, 2.75) is 38.3 Å². The first kappa shape index (κ1) is 15.0. The summed E-state index contributed by atoms with van der Waals surface area (Å²) >= 11 is 0. The van der Waals surface area contributed by atoms with Gasteiger partial charge in [0.25, 0.3) is 0 Å². The molecule has 0 aliphatic carbocycles. The van der Waals surface area contributed by atoms with E-state index in [1.54, 1.807) is 0 Å². The number of nitrogens with zero attached hydrogens (tertiary/aromatic N) is 1. The highest BCUT2D eigenvalue weighted by Crippen LogP contribution is 2.15. The number of benzene rings is 1. The first-order chi connectivity index (χ1) is 9.66. The van der Waals surface area contributed by atoms with Crippen LogP contribution < -0.4 is 5.73 Å². The van der Waals surface area contributed by atoms with Crippen LogP contribution in [0.2, 0.25) is 0 Å². The lowest BCUT2D eigenvalue weighted by molar-refractivity contribution is -0.133. The van der Waals surface area contributed by atoms with Crippen molar-refractivity contribution in [2.24, 2.45) is 5.73 Å². The molecule has 1 aliphatic heterocycles. The van der Waals surface area contributed by atoms with Crippen LogP contribution in [-0.4, -0.2) is 42.6 Å². The Morgan fingerprint density at radius 2 is 2.20 bits per heavy atom. The molecule has 2 atom stereocenters. The first-order valence-corrected chi connectivity index (χ1v) is 7.33. The van der Waals surface area contributed by atoms with Crippen LogP contribution in [0.1, 0.15) is 25.3 Å². The Labute approximate surface area is 120 Å². The molecule has 4 nitrogen and oxygen atoms in total. The van der Waals surface area contributed by atoms with Crippen LogP contribution in [0, 0.1) is 0 Å². The second-order valence-electron chi connectivity index (χ2n) is 5.52. The summed E-state index contributed by atoms with van der Waals surface area (Å²) in [4.78, 5) is 14.3. The van der Waals surface area contributed by atoms with E-state index >= 15 is 0 Å². The SMILES string of the molecule is CC(N)CC(=O)N(CCc1ccccc1)C1CCOC1. The number of ether oxygens (including phenoxy) is 1.